The van der Waals surface area contributed by atoms with Crippen molar-refractivity contribution >= 4 is 6.01 Å². The Morgan fingerprint density at radius 1 is 1.28 bits per heavy atom. The van der Waals surface area contributed by atoms with Gasteiger partial charge in [-0.25, -0.2) is 0 Å². The molecular weight excluding hydrogens is 226 g/mol. The maximum absolute atomic E-state index is 5.30. The summed E-state index contributed by atoms with van der Waals surface area (Å²) >= 11 is 0. The predicted octanol–water partition coefficient (Wildman–Crippen LogP) is 3.85. The van der Waals surface area contributed by atoms with E-state index in [9.17, 15) is 0 Å². The summed E-state index contributed by atoms with van der Waals surface area (Å²) in [4.78, 5) is 6.65. The van der Waals surface area contributed by atoms with Crippen LogP contribution in [0.3, 0.4) is 0 Å². The normalized spacial score (nSPS) is 16.7. The Morgan fingerprint density at radius 3 is 2.33 bits per heavy atom. The van der Waals surface area contributed by atoms with Gasteiger partial charge in [-0.2, -0.15) is 4.98 Å². The van der Waals surface area contributed by atoms with E-state index in [0.717, 1.165) is 24.8 Å². The van der Waals surface area contributed by atoms with Crippen molar-refractivity contribution in [1.82, 2.24) is 10.1 Å². The Morgan fingerprint density at radius 2 is 1.89 bits per heavy atom. The molecule has 18 heavy (non-hydrogen) atoms. The third-order valence-corrected chi connectivity index (χ3v) is 3.41. The van der Waals surface area contributed by atoms with E-state index < -0.39 is 0 Å². The number of piperidine rings is 1. The molecule has 2 rings (SSSR count). The van der Waals surface area contributed by atoms with E-state index in [2.05, 4.69) is 35.8 Å². The minimum atomic E-state index is 0.339. The van der Waals surface area contributed by atoms with Crippen molar-refractivity contribution < 1.29 is 4.52 Å². The third kappa shape index (κ3) is 3.72. The van der Waals surface area contributed by atoms with Crippen LogP contribution in [0.4, 0.5) is 6.01 Å². The van der Waals surface area contributed by atoms with Gasteiger partial charge >= 0.3 is 6.01 Å². The van der Waals surface area contributed by atoms with E-state index >= 15 is 0 Å². The Hall–Kier alpha value is -1.06. The second-order valence-electron chi connectivity index (χ2n) is 4.93. The summed E-state index contributed by atoms with van der Waals surface area (Å²) in [7, 11) is 0. The van der Waals surface area contributed by atoms with Crippen LogP contribution in [0.2, 0.25) is 0 Å². The van der Waals surface area contributed by atoms with Gasteiger partial charge in [-0.15, -0.1) is 0 Å². The lowest BCUT2D eigenvalue weighted by molar-refractivity contribution is 0.355. The summed E-state index contributed by atoms with van der Waals surface area (Å²) < 4.78 is 5.30. The average Bonchev–Trinajstić information content (AvgIpc) is 2.91. The minimum Gasteiger partial charge on any atom is -0.324 e. The van der Waals surface area contributed by atoms with Gasteiger partial charge < -0.3 is 9.42 Å². The highest BCUT2D eigenvalue weighted by atomic mass is 16.5. The molecule has 4 heteroatoms. The highest BCUT2D eigenvalue weighted by Gasteiger charge is 2.22. The van der Waals surface area contributed by atoms with E-state index in [1.165, 1.54) is 19.3 Å². The van der Waals surface area contributed by atoms with Crippen LogP contribution >= 0.6 is 0 Å². The van der Waals surface area contributed by atoms with Crippen LogP contribution in [0.1, 0.15) is 65.6 Å². The predicted molar refractivity (Wildman–Crippen MR) is 75.0 cm³/mol. The fourth-order valence-electron chi connectivity index (χ4n) is 2.12. The highest BCUT2D eigenvalue weighted by molar-refractivity contribution is 5.26. The molecule has 1 aromatic rings. The summed E-state index contributed by atoms with van der Waals surface area (Å²) in [5.74, 6) is 2.03. The van der Waals surface area contributed by atoms with Gasteiger partial charge in [0.2, 0.25) is 0 Å². The molecule has 0 aliphatic carbocycles. The van der Waals surface area contributed by atoms with Gasteiger partial charge in [-0.1, -0.05) is 46.2 Å². The van der Waals surface area contributed by atoms with E-state index in [0.29, 0.717) is 11.9 Å². The van der Waals surface area contributed by atoms with Crippen LogP contribution in [0.5, 0.6) is 0 Å². The molecule has 2 heterocycles. The maximum Gasteiger partial charge on any atom is 0.324 e. The number of hydrogen-bond acceptors (Lipinski definition) is 4. The van der Waals surface area contributed by atoms with E-state index in [4.69, 9.17) is 4.52 Å². The largest absolute Gasteiger partial charge is 0.324 e. The summed E-state index contributed by atoms with van der Waals surface area (Å²) in [6.45, 7) is 12.5. The number of nitrogens with zero attached hydrogens (tertiary/aromatic N) is 3. The van der Waals surface area contributed by atoms with Gasteiger partial charge in [0.15, 0.2) is 5.82 Å². The average molecular weight is 253 g/mol. The fraction of sp³-hybridized carbons (Fsp3) is 0.857. The molecule has 0 N–H and O–H groups in total. The Kier molecular flexibility index (Phi) is 6.16. The van der Waals surface area contributed by atoms with Crippen LogP contribution in [-0.4, -0.2) is 23.2 Å². The van der Waals surface area contributed by atoms with Crippen LogP contribution in [0, 0.1) is 5.92 Å². The van der Waals surface area contributed by atoms with Gasteiger partial charge in [0.25, 0.3) is 0 Å². The first-order valence-electron chi connectivity index (χ1n) is 7.29. The van der Waals surface area contributed by atoms with Crippen LogP contribution < -0.4 is 4.90 Å². The second kappa shape index (κ2) is 7.39. The summed E-state index contributed by atoms with van der Waals surface area (Å²) in [6, 6.07) is 0.707. The zero-order valence-corrected chi connectivity index (χ0v) is 12.4. The summed E-state index contributed by atoms with van der Waals surface area (Å²) in [5.41, 5.74) is 0. The molecule has 0 amide bonds. The Balaban J connectivity index is 0.000000771. The minimum absolute atomic E-state index is 0.339. The summed E-state index contributed by atoms with van der Waals surface area (Å²) in [6.07, 6.45) is 3.78. The van der Waals surface area contributed by atoms with Crippen molar-refractivity contribution in [3.8, 4) is 0 Å². The molecule has 1 fully saturated rings. The second-order valence-corrected chi connectivity index (χ2v) is 4.93. The zero-order chi connectivity index (χ0) is 13.5. The molecule has 1 aliphatic heterocycles. The number of anilines is 1. The Labute approximate surface area is 111 Å². The lowest BCUT2D eigenvalue weighted by atomic mass is 9.95. The molecule has 0 unspecified atom stereocenters. The zero-order valence-electron chi connectivity index (χ0n) is 12.4. The molecule has 0 aromatic carbocycles. The summed E-state index contributed by atoms with van der Waals surface area (Å²) in [5, 5.41) is 4.00. The van der Waals surface area contributed by atoms with Gasteiger partial charge in [0.1, 0.15) is 0 Å². The SMILES string of the molecule is CC.CCC1CCN(c2nc(C(C)C)no2)CC1. The standard InChI is InChI=1S/C12H21N3O.C2H6/c1-4-10-5-7-15(8-6-10)12-13-11(9(2)3)14-16-12;1-2/h9-10H,4-8H2,1-3H3;1-2H3. The lowest BCUT2D eigenvalue weighted by Crippen LogP contribution is -2.33. The van der Waals surface area contributed by atoms with Crippen LogP contribution in [-0.2, 0) is 0 Å². The molecule has 1 aliphatic rings. The smallest absolute Gasteiger partial charge is 0.324 e. The molecule has 1 aromatic heterocycles. The van der Waals surface area contributed by atoms with Gasteiger partial charge in [0.05, 0.1) is 0 Å². The van der Waals surface area contributed by atoms with E-state index in [1.54, 1.807) is 0 Å². The van der Waals surface area contributed by atoms with E-state index in [1.807, 2.05) is 13.8 Å². The van der Waals surface area contributed by atoms with Crippen molar-refractivity contribution in [2.45, 2.75) is 59.8 Å². The molecule has 0 spiro atoms. The van der Waals surface area contributed by atoms with Crippen molar-refractivity contribution in [3.63, 3.8) is 0 Å². The van der Waals surface area contributed by atoms with Crippen LogP contribution in [0.15, 0.2) is 4.52 Å². The highest BCUT2D eigenvalue weighted by Crippen LogP contribution is 2.24. The van der Waals surface area contributed by atoms with Crippen molar-refractivity contribution in [1.29, 1.82) is 0 Å². The van der Waals surface area contributed by atoms with Crippen molar-refractivity contribution in [2.75, 3.05) is 18.0 Å². The lowest BCUT2D eigenvalue weighted by Gasteiger charge is -2.29. The van der Waals surface area contributed by atoms with Gasteiger partial charge in [-0.3, -0.25) is 0 Å². The Bertz CT molecular complexity index is 328. The molecule has 0 saturated carbocycles. The molecule has 0 bridgehead atoms. The monoisotopic (exact) mass is 253 g/mol. The molecule has 104 valence electrons. The number of aromatic nitrogens is 2. The van der Waals surface area contributed by atoms with E-state index in [-0.39, 0.29) is 0 Å². The molecule has 4 nitrogen and oxygen atoms in total. The molecular formula is C14H27N3O. The molecule has 0 radical (unpaired) electrons. The first kappa shape index (κ1) is 15.0. The number of rotatable bonds is 3. The maximum atomic E-state index is 5.30. The van der Waals surface area contributed by atoms with Crippen molar-refractivity contribution in [2.24, 2.45) is 5.92 Å². The van der Waals surface area contributed by atoms with Gasteiger partial charge in [-0.05, 0) is 18.8 Å². The topological polar surface area (TPSA) is 42.2 Å². The number of hydrogen-bond donors (Lipinski definition) is 0. The third-order valence-electron chi connectivity index (χ3n) is 3.41. The van der Waals surface area contributed by atoms with Gasteiger partial charge in [0, 0.05) is 19.0 Å². The van der Waals surface area contributed by atoms with Crippen molar-refractivity contribution in [3.05, 3.63) is 5.82 Å². The fourth-order valence-corrected chi connectivity index (χ4v) is 2.12. The quantitative estimate of drug-likeness (QED) is 0.820. The first-order chi connectivity index (χ1) is 8.70. The van der Waals surface area contributed by atoms with Crippen LogP contribution in [0.25, 0.3) is 0 Å². The molecule has 0 atom stereocenters. The molecule has 1 saturated heterocycles. The first-order valence-corrected chi connectivity index (χ1v) is 7.29.